The third kappa shape index (κ3) is 2.90. The number of fused-ring (bicyclic) bond motifs is 1. The van der Waals surface area contributed by atoms with Crippen LogP contribution in [-0.2, 0) is 16.0 Å². The number of methoxy groups -OCH3 is 2. The smallest absolute Gasteiger partial charge is 0.171 e. The molecule has 0 bridgehead atoms. The molecule has 18 heavy (non-hydrogen) atoms. The lowest BCUT2D eigenvalue weighted by Crippen LogP contribution is -2.39. The first-order chi connectivity index (χ1) is 8.74. The monoisotopic (exact) mass is 248 g/mol. The first-order valence-electron chi connectivity index (χ1n) is 6.09. The van der Waals surface area contributed by atoms with E-state index in [0.29, 0.717) is 0 Å². The Hall–Kier alpha value is -1.36. The molecule has 1 unspecified atom stereocenters. The number of ether oxygens (including phenoxy) is 2. The molecule has 1 heterocycles. The normalized spacial score (nSPS) is 13.3. The number of aromatic nitrogens is 1. The molecular weight excluding hydrogens is 228 g/mol. The zero-order valence-corrected chi connectivity index (χ0v) is 11.1. The number of hydrogen-bond acceptors (Lipinski definition) is 3. The van der Waals surface area contributed by atoms with Crippen molar-refractivity contribution in [2.45, 2.75) is 25.8 Å². The van der Waals surface area contributed by atoms with Gasteiger partial charge in [0, 0.05) is 32.5 Å². The predicted octanol–water partition coefficient (Wildman–Crippen LogP) is 2.26. The fourth-order valence-electron chi connectivity index (χ4n) is 2.08. The van der Waals surface area contributed by atoms with Gasteiger partial charge < -0.3 is 19.8 Å². The Bertz CT molecular complexity index is 491. The van der Waals surface area contributed by atoms with Crippen molar-refractivity contribution >= 4 is 10.9 Å². The van der Waals surface area contributed by atoms with Crippen molar-refractivity contribution in [2.75, 3.05) is 14.2 Å². The summed E-state index contributed by atoms with van der Waals surface area (Å²) in [7, 11) is 3.30. The van der Waals surface area contributed by atoms with Crippen LogP contribution in [0.3, 0.4) is 0 Å². The summed E-state index contributed by atoms with van der Waals surface area (Å²) in [5, 5.41) is 4.63. The highest BCUT2D eigenvalue weighted by molar-refractivity contribution is 5.79. The van der Waals surface area contributed by atoms with Crippen molar-refractivity contribution in [3.63, 3.8) is 0 Å². The maximum absolute atomic E-state index is 5.22. The standard InChI is InChI=1S/C14H20N2O2/c1-10(14(17-2)18-3)16-9-11-4-5-12-6-7-15-13(12)8-11/h4-8,10,14-16H,9H2,1-3H3. The Morgan fingerprint density at radius 2 is 2.00 bits per heavy atom. The number of nitrogens with one attached hydrogen (secondary N) is 2. The van der Waals surface area contributed by atoms with Gasteiger partial charge >= 0.3 is 0 Å². The number of benzene rings is 1. The first kappa shape index (κ1) is 13.1. The molecular formula is C14H20N2O2. The molecule has 0 saturated carbocycles. The Morgan fingerprint density at radius 1 is 1.22 bits per heavy atom. The molecule has 0 aliphatic heterocycles. The molecule has 98 valence electrons. The van der Waals surface area contributed by atoms with Gasteiger partial charge in [0.1, 0.15) is 0 Å². The molecule has 2 aromatic rings. The molecule has 2 N–H and O–H groups in total. The van der Waals surface area contributed by atoms with Gasteiger partial charge in [0.15, 0.2) is 6.29 Å². The fourth-order valence-corrected chi connectivity index (χ4v) is 2.08. The molecule has 0 radical (unpaired) electrons. The van der Waals surface area contributed by atoms with E-state index in [4.69, 9.17) is 9.47 Å². The van der Waals surface area contributed by atoms with E-state index in [1.165, 1.54) is 10.9 Å². The van der Waals surface area contributed by atoms with Crippen molar-refractivity contribution in [1.29, 1.82) is 0 Å². The maximum Gasteiger partial charge on any atom is 0.171 e. The summed E-state index contributed by atoms with van der Waals surface area (Å²) in [4.78, 5) is 3.22. The second-order valence-corrected chi connectivity index (χ2v) is 4.41. The summed E-state index contributed by atoms with van der Waals surface area (Å²) in [5.41, 5.74) is 2.40. The molecule has 0 amide bonds. The summed E-state index contributed by atoms with van der Waals surface area (Å²) >= 11 is 0. The van der Waals surface area contributed by atoms with Crippen LogP contribution in [0, 0.1) is 0 Å². The summed E-state index contributed by atoms with van der Waals surface area (Å²) in [6.45, 7) is 2.84. The van der Waals surface area contributed by atoms with Crippen LogP contribution >= 0.6 is 0 Å². The van der Waals surface area contributed by atoms with Crippen LogP contribution in [0.25, 0.3) is 10.9 Å². The summed E-state index contributed by atoms with van der Waals surface area (Å²) < 4.78 is 10.4. The molecule has 0 aliphatic carbocycles. The molecule has 1 atom stereocenters. The van der Waals surface area contributed by atoms with Crippen molar-refractivity contribution in [1.82, 2.24) is 10.3 Å². The van der Waals surface area contributed by atoms with E-state index in [1.807, 2.05) is 13.1 Å². The summed E-state index contributed by atoms with van der Waals surface area (Å²) in [6, 6.07) is 8.62. The van der Waals surface area contributed by atoms with E-state index in [1.54, 1.807) is 14.2 Å². The van der Waals surface area contributed by atoms with Gasteiger partial charge in [0.2, 0.25) is 0 Å². The van der Waals surface area contributed by atoms with Gasteiger partial charge in [-0.2, -0.15) is 0 Å². The second-order valence-electron chi connectivity index (χ2n) is 4.41. The van der Waals surface area contributed by atoms with Crippen LogP contribution in [0.4, 0.5) is 0 Å². The Morgan fingerprint density at radius 3 is 2.72 bits per heavy atom. The average Bonchev–Trinajstić information content (AvgIpc) is 2.85. The predicted molar refractivity (Wildman–Crippen MR) is 72.4 cm³/mol. The minimum absolute atomic E-state index is 0.138. The molecule has 4 nitrogen and oxygen atoms in total. The third-order valence-corrected chi connectivity index (χ3v) is 3.12. The first-order valence-corrected chi connectivity index (χ1v) is 6.09. The van der Waals surface area contributed by atoms with E-state index in [-0.39, 0.29) is 12.3 Å². The van der Waals surface area contributed by atoms with E-state index >= 15 is 0 Å². The molecule has 0 aliphatic rings. The van der Waals surface area contributed by atoms with Gasteiger partial charge in [0.05, 0.1) is 6.04 Å². The van der Waals surface area contributed by atoms with E-state index in [9.17, 15) is 0 Å². The second kappa shape index (κ2) is 6.00. The van der Waals surface area contributed by atoms with Crippen LogP contribution in [0.5, 0.6) is 0 Å². The minimum atomic E-state index is -0.223. The van der Waals surface area contributed by atoms with Gasteiger partial charge in [-0.05, 0) is 30.0 Å². The SMILES string of the molecule is COC(OC)C(C)NCc1ccc2cc[nH]c2c1. The zero-order chi connectivity index (χ0) is 13.0. The molecule has 2 rings (SSSR count). The fraction of sp³-hybridized carbons (Fsp3) is 0.429. The van der Waals surface area contributed by atoms with Crippen molar-refractivity contribution < 1.29 is 9.47 Å². The highest BCUT2D eigenvalue weighted by Crippen LogP contribution is 2.14. The van der Waals surface area contributed by atoms with Crippen molar-refractivity contribution in [3.05, 3.63) is 36.0 Å². The number of rotatable bonds is 6. The van der Waals surface area contributed by atoms with Gasteiger partial charge in [-0.1, -0.05) is 12.1 Å². The Balaban J connectivity index is 1.96. The number of aromatic amines is 1. The maximum atomic E-state index is 5.22. The Kier molecular flexibility index (Phi) is 4.36. The molecule has 0 fully saturated rings. The van der Waals surface area contributed by atoms with Crippen LogP contribution in [0.15, 0.2) is 30.5 Å². The van der Waals surface area contributed by atoms with Gasteiger partial charge in [-0.25, -0.2) is 0 Å². The molecule has 1 aromatic carbocycles. The van der Waals surface area contributed by atoms with Crippen molar-refractivity contribution in [2.24, 2.45) is 0 Å². The van der Waals surface area contributed by atoms with E-state index in [2.05, 4.69) is 34.6 Å². The minimum Gasteiger partial charge on any atom is -0.361 e. The van der Waals surface area contributed by atoms with Crippen molar-refractivity contribution in [3.8, 4) is 0 Å². The summed E-state index contributed by atoms with van der Waals surface area (Å²) in [5.74, 6) is 0. The molecule has 0 spiro atoms. The highest BCUT2D eigenvalue weighted by Gasteiger charge is 2.14. The van der Waals surface area contributed by atoms with Gasteiger partial charge in [-0.15, -0.1) is 0 Å². The largest absolute Gasteiger partial charge is 0.361 e. The lowest BCUT2D eigenvalue weighted by molar-refractivity contribution is -0.119. The van der Waals surface area contributed by atoms with Gasteiger partial charge in [-0.3, -0.25) is 0 Å². The molecule has 0 saturated heterocycles. The van der Waals surface area contributed by atoms with Crippen LogP contribution in [0.2, 0.25) is 0 Å². The molecule has 4 heteroatoms. The van der Waals surface area contributed by atoms with Gasteiger partial charge in [0.25, 0.3) is 0 Å². The summed E-state index contributed by atoms with van der Waals surface area (Å²) in [6.07, 6.45) is 1.73. The lowest BCUT2D eigenvalue weighted by atomic mass is 10.1. The topological polar surface area (TPSA) is 46.3 Å². The zero-order valence-electron chi connectivity index (χ0n) is 11.1. The number of hydrogen-bond donors (Lipinski definition) is 2. The number of H-pyrrole nitrogens is 1. The van der Waals surface area contributed by atoms with E-state index < -0.39 is 0 Å². The lowest BCUT2D eigenvalue weighted by Gasteiger charge is -2.22. The Labute approximate surface area is 107 Å². The van der Waals surface area contributed by atoms with E-state index in [0.717, 1.165) is 12.1 Å². The van der Waals surface area contributed by atoms with Crippen LogP contribution in [0.1, 0.15) is 12.5 Å². The quantitative estimate of drug-likeness (QED) is 0.771. The highest BCUT2D eigenvalue weighted by atomic mass is 16.7. The third-order valence-electron chi connectivity index (χ3n) is 3.12. The molecule has 1 aromatic heterocycles. The average molecular weight is 248 g/mol. The van der Waals surface area contributed by atoms with Crippen LogP contribution in [-0.4, -0.2) is 31.5 Å². The van der Waals surface area contributed by atoms with Crippen LogP contribution < -0.4 is 5.32 Å².